The molecule has 0 radical (unpaired) electrons. The number of hydrogen-bond acceptors (Lipinski definition) is 15. The number of ether oxygens (including phenoxy) is 4. The number of carbonyl (C=O) groups excluding carboxylic acids is 9. The van der Waals surface area contributed by atoms with Gasteiger partial charge in [-0.05, 0) is 103 Å². The molecule has 422 valence electrons. The van der Waals surface area contributed by atoms with Crippen LogP contribution in [0.1, 0.15) is 103 Å². The highest BCUT2D eigenvalue weighted by Gasteiger charge is 2.40. The fourth-order valence-corrected chi connectivity index (χ4v) is 9.66. The molecule has 4 aliphatic heterocycles. The molecular weight excluding hydrogens is 993 g/mol. The van der Waals surface area contributed by atoms with Crippen molar-refractivity contribution in [1.82, 2.24) is 46.2 Å². The highest BCUT2D eigenvalue weighted by atomic mass is 16.6. The van der Waals surface area contributed by atoms with E-state index < -0.39 is 109 Å². The number of hydrogen-bond donors (Lipinski definition) is 7. The molecule has 1 aromatic rings. The lowest BCUT2D eigenvalue weighted by Gasteiger charge is -2.37. The Kier molecular flexibility index (Phi) is 24.0. The number of amides is 9. The minimum Gasteiger partial charge on any atom is -0.480 e. The number of alkyl carbamates (subject to hydrolysis) is 2. The predicted octanol–water partition coefficient (Wildman–Crippen LogP) is 0.124. The summed E-state index contributed by atoms with van der Waals surface area (Å²) in [5.41, 5.74) is 5.28. The van der Waals surface area contributed by atoms with Gasteiger partial charge in [0.05, 0.1) is 13.2 Å². The number of carboxylic acids is 1. The first-order chi connectivity index (χ1) is 36.4. The summed E-state index contributed by atoms with van der Waals surface area (Å²) < 4.78 is 21.8. The van der Waals surface area contributed by atoms with Gasteiger partial charge in [0.25, 0.3) is 0 Å². The van der Waals surface area contributed by atoms with Crippen molar-refractivity contribution in [3.63, 3.8) is 0 Å². The highest BCUT2D eigenvalue weighted by molar-refractivity contribution is 5.94. The molecule has 4 saturated heterocycles. The molecule has 76 heavy (non-hydrogen) atoms. The number of nitrogens with two attached hydrogens (primary N) is 1. The van der Waals surface area contributed by atoms with Crippen molar-refractivity contribution in [3.8, 4) is 0 Å². The smallest absolute Gasteiger partial charge is 0.408 e. The van der Waals surface area contributed by atoms with Crippen molar-refractivity contribution in [2.75, 3.05) is 78.8 Å². The van der Waals surface area contributed by atoms with Gasteiger partial charge in [0.15, 0.2) is 0 Å². The molecule has 4 fully saturated rings. The van der Waals surface area contributed by atoms with E-state index in [1.54, 1.807) is 45.0 Å². The van der Waals surface area contributed by atoms with Gasteiger partial charge in [0.1, 0.15) is 61.7 Å². The Morgan fingerprint density at radius 3 is 1.51 bits per heavy atom. The van der Waals surface area contributed by atoms with Crippen LogP contribution < -0.4 is 32.3 Å². The molecule has 25 nitrogen and oxygen atoms in total. The maximum atomic E-state index is 14.4. The standard InChI is InChI=1S/C51H78N10O15/c1-51(2,3)76-50(72)57-36(47(68)61-26-14-10-20-40(61)48(69)70)30-55-45(66)38-18-8-12-24-59(38)42(63)33-74-28-22-53-43(64)39-19-9-13-25-60(39)46(67)35(56-49(71)75-31-34-15-5-4-6-16-34)29-54-44(65)37-17-7-11-23-58(37)41(62)32-73-27-21-52/h4-6,15-16,35-40H,7-14,17-33,52H2,1-3H3,(H,53,64)(H,54,65)(H,55,66)(H,56,71)(H,57,72)(H,69,70)/t35-,36-,37+,38+,39+,40+/m1/s1. The first-order valence-electron chi connectivity index (χ1n) is 26.5. The Morgan fingerprint density at radius 1 is 0.592 bits per heavy atom. The number of nitrogens with one attached hydrogen (secondary N) is 5. The zero-order valence-electron chi connectivity index (χ0n) is 44.1. The van der Waals surface area contributed by atoms with Crippen LogP contribution in [0, 0.1) is 0 Å². The second kappa shape index (κ2) is 30.2. The van der Waals surface area contributed by atoms with E-state index >= 15 is 0 Å². The summed E-state index contributed by atoms with van der Waals surface area (Å²) in [6.07, 6.45) is 4.32. The van der Waals surface area contributed by atoms with E-state index in [0.717, 1.165) is 0 Å². The van der Waals surface area contributed by atoms with E-state index in [-0.39, 0.29) is 78.0 Å². The first kappa shape index (κ1) is 60.3. The van der Waals surface area contributed by atoms with Crippen molar-refractivity contribution in [3.05, 3.63) is 35.9 Å². The molecule has 0 saturated carbocycles. The average molecular weight is 1070 g/mol. The molecule has 9 amide bonds. The number of carbonyl (C=O) groups is 10. The zero-order chi connectivity index (χ0) is 55.2. The van der Waals surface area contributed by atoms with Gasteiger partial charge in [-0.3, -0.25) is 33.6 Å². The molecule has 0 unspecified atom stereocenters. The Labute approximate surface area is 443 Å². The molecule has 5 rings (SSSR count). The number of piperidine rings is 4. The molecule has 4 aliphatic rings. The Hall–Kier alpha value is -6.60. The molecule has 25 heteroatoms. The van der Waals surface area contributed by atoms with Gasteiger partial charge < -0.3 is 76.0 Å². The maximum absolute atomic E-state index is 14.4. The SMILES string of the molecule is CC(C)(C)OC(=O)N[C@H](CNC(=O)[C@@H]1CCCCN1C(=O)COCCNC(=O)[C@@H]1CCCCN1C(=O)[C@@H](CNC(=O)[C@@H]1CCCCN1C(=O)COCCN)NC(=O)OCc1ccccc1)C(=O)N1CCCC[C@H]1C(=O)O. The summed E-state index contributed by atoms with van der Waals surface area (Å²) in [5.74, 6) is -4.99. The number of aliphatic carboxylic acids is 1. The third-order valence-corrected chi connectivity index (χ3v) is 13.4. The van der Waals surface area contributed by atoms with Crippen molar-refractivity contribution < 1.29 is 72.0 Å². The van der Waals surface area contributed by atoms with Crippen molar-refractivity contribution in [2.24, 2.45) is 5.73 Å². The van der Waals surface area contributed by atoms with Gasteiger partial charge in [-0.15, -0.1) is 0 Å². The first-order valence-corrected chi connectivity index (χ1v) is 26.5. The van der Waals surface area contributed by atoms with Gasteiger partial charge in [-0.1, -0.05) is 30.3 Å². The van der Waals surface area contributed by atoms with Gasteiger partial charge >= 0.3 is 18.2 Å². The van der Waals surface area contributed by atoms with Crippen molar-refractivity contribution >= 4 is 59.5 Å². The Bertz CT molecular complexity index is 2160. The summed E-state index contributed by atoms with van der Waals surface area (Å²) in [6, 6.07) is 2.34. The van der Waals surface area contributed by atoms with E-state index in [9.17, 15) is 53.1 Å². The predicted molar refractivity (Wildman–Crippen MR) is 271 cm³/mol. The van der Waals surface area contributed by atoms with Crippen molar-refractivity contribution in [1.29, 1.82) is 0 Å². The van der Waals surface area contributed by atoms with Crippen LogP contribution in [0.25, 0.3) is 0 Å². The van der Waals surface area contributed by atoms with Crippen molar-refractivity contribution in [2.45, 2.75) is 146 Å². The molecule has 8 N–H and O–H groups in total. The van der Waals surface area contributed by atoms with Crippen LogP contribution in [0.2, 0.25) is 0 Å². The Balaban J connectivity index is 1.15. The molecule has 1 aromatic carbocycles. The molecular formula is C51H78N10O15. The summed E-state index contributed by atoms with van der Waals surface area (Å²) in [4.78, 5) is 139. The summed E-state index contributed by atoms with van der Waals surface area (Å²) in [5, 5.41) is 23.1. The lowest BCUT2D eigenvalue weighted by Crippen LogP contribution is -2.61. The minimum absolute atomic E-state index is 0.0498. The number of likely N-dealkylation sites (tertiary alicyclic amines) is 4. The van der Waals surface area contributed by atoms with Crippen LogP contribution in [0.3, 0.4) is 0 Å². The number of nitrogens with zero attached hydrogens (tertiary/aromatic N) is 4. The lowest BCUT2D eigenvalue weighted by molar-refractivity contribution is -0.153. The van der Waals surface area contributed by atoms with E-state index in [1.807, 2.05) is 6.07 Å². The largest absolute Gasteiger partial charge is 0.480 e. The monoisotopic (exact) mass is 1070 g/mol. The van der Waals surface area contributed by atoms with Gasteiger partial charge in [-0.25, -0.2) is 14.4 Å². The van der Waals surface area contributed by atoms with Crippen LogP contribution in [-0.2, 0) is 63.9 Å². The summed E-state index contributed by atoms with van der Waals surface area (Å²) in [6.45, 7) is 4.52. The summed E-state index contributed by atoms with van der Waals surface area (Å²) >= 11 is 0. The van der Waals surface area contributed by atoms with Crippen LogP contribution in [0.4, 0.5) is 9.59 Å². The fraction of sp³-hybridized carbons (Fsp3) is 0.686. The second-order valence-electron chi connectivity index (χ2n) is 20.3. The Morgan fingerprint density at radius 2 is 1.03 bits per heavy atom. The second-order valence-corrected chi connectivity index (χ2v) is 20.3. The number of rotatable bonds is 23. The normalized spacial score (nSPS) is 20.7. The van der Waals surface area contributed by atoms with Gasteiger partial charge in [-0.2, -0.15) is 0 Å². The third kappa shape index (κ3) is 18.6. The van der Waals surface area contributed by atoms with Crippen LogP contribution >= 0.6 is 0 Å². The fourth-order valence-electron chi connectivity index (χ4n) is 9.66. The quantitative estimate of drug-likeness (QED) is 0.0716. The van der Waals surface area contributed by atoms with Crippen LogP contribution in [-0.4, -0.2) is 205 Å². The van der Waals surface area contributed by atoms with E-state index in [2.05, 4.69) is 26.6 Å². The minimum atomic E-state index is -1.37. The van der Waals surface area contributed by atoms with E-state index in [1.165, 1.54) is 19.6 Å². The van der Waals surface area contributed by atoms with Crippen LogP contribution in [0.5, 0.6) is 0 Å². The lowest BCUT2D eigenvalue weighted by atomic mass is 9.99. The molecule has 0 aromatic heterocycles. The highest BCUT2D eigenvalue weighted by Crippen LogP contribution is 2.22. The van der Waals surface area contributed by atoms with E-state index in [0.29, 0.717) is 82.7 Å². The van der Waals surface area contributed by atoms with Crippen LogP contribution in [0.15, 0.2) is 30.3 Å². The number of benzene rings is 1. The molecule has 0 bridgehead atoms. The molecule has 4 heterocycles. The molecule has 0 aliphatic carbocycles. The third-order valence-electron chi connectivity index (χ3n) is 13.4. The molecule has 0 spiro atoms. The number of carboxylic acid groups (broad SMARTS) is 1. The van der Waals surface area contributed by atoms with Gasteiger partial charge in [0, 0.05) is 52.4 Å². The van der Waals surface area contributed by atoms with E-state index in [4.69, 9.17) is 24.7 Å². The average Bonchev–Trinajstić information content (AvgIpc) is 3.42. The topological polar surface area (TPSA) is 327 Å². The summed E-state index contributed by atoms with van der Waals surface area (Å²) in [7, 11) is 0. The zero-order valence-corrected chi connectivity index (χ0v) is 44.1. The maximum Gasteiger partial charge on any atom is 0.408 e. The molecule has 6 atom stereocenters. The van der Waals surface area contributed by atoms with Gasteiger partial charge in [0.2, 0.25) is 41.4 Å².